The number of piperidine rings is 1. The van der Waals surface area contributed by atoms with Gasteiger partial charge in [-0.15, -0.1) is 0 Å². The number of carbonyl (C=O) groups is 1. The summed E-state index contributed by atoms with van der Waals surface area (Å²) in [6.45, 7) is 1.32. The molecule has 0 atom stereocenters. The number of rotatable bonds is 6. The Balaban J connectivity index is 1.76. The molecule has 1 heterocycles. The van der Waals surface area contributed by atoms with Gasteiger partial charge >= 0.3 is 0 Å². The third-order valence-electron chi connectivity index (χ3n) is 4.47. The average molecular weight is 390 g/mol. The molecule has 2 aromatic rings. The van der Waals surface area contributed by atoms with E-state index in [1.807, 2.05) is 0 Å². The molecule has 0 radical (unpaired) electrons. The van der Waals surface area contributed by atoms with Crippen LogP contribution in [0.3, 0.4) is 0 Å². The van der Waals surface area contributed by atoms with Crippen molar-refractivity contribution in [2.45, 2.75) is 17.7 Å². The quantitative estimate of drug-likeness (QED) is 0.816. The Morgan fingerprint density at radius 2 is 1.56 bits per heavy atom. The van der Waals surface area contributed by atoms with E-state index in [0.717, 1.165) is 5.69 Å². The van der Waals surface area contributed by atoms with Crippen molar-refractivity contribution >= 4 is 27.2 Å². The van der Waals surface area contributed by atoms with E-state index >= 15 is 0 Å². The highest BCUT2D eigenvalue weighted by Gasteiger charge is 2.19. The molecule has 27 heavy (non-hydrogen) atoms. The summed E-state index contributed by atoms with van der Waals surface area (Å²) in [5.41, 5.74) is 1.29. The van der Waals surface area contributed by atoms with Gasteiger partial charge in [-0.05, 0) is 36.4 Å². The molecule has 1 aliphatic rings. The van der Waals surface area contributed by atoms with Crippen LogP contribution in [-0.4, -0.2) is 41.5 Å². The van der Waals surface area contributed by atoms with Crippen LogP contribution in [0.15, 0.2) is 47.4 Å². The van der Waals surface area contributed by atoms with Crippen molar-refractivity contribution in [1.29, 1.82) is 0 Å². The highest BCUT2D eigenvalue weighted by Crippen LogP contribution is 2.31. The minimum atomic E-state index is -3.73. The second-order valence-corrected chi connectivity index (χ2v) is 7.88. The molecule has 1 saturated heterocycles. The summed E-state index contributed by atoms with van der Waals surface area (Å²) < 4.78 is 38.2. The van der Waals surface area contributed by atoms with Gasteiger partial charge in [0.25, 0.3) is 10.0 Å². The number of methoxy groups -OCH3 is 2. The summed E-state index contributed by atoms with van der Waals surface area (Å²) in [5.74, 6) is 1.22. The average Bonchev–Trinajstić information content (AvgIpc) is 2.68. The molecule has 7 nitrogen and oxygen atoms in total. The minimum absolute atomic E-state index is 0.161. The standard InChI is InChI=1S/C19H22N2O5S/c1-25-18-8-3-14(13-19(18)26-2)20-27(23,24)17-6-4-15(5-7-17)21-11-9-16(22)10-12-21/h3-8,13,20H,9-12H2,1-2H3. The van der Waals surface area contributed by atoms with Crippen LogP contribution in [0, 0.1) is 0 Å². The summed E-state index contributed by atoms with van der Waals surface area (Å²) in [5, 5.41) is 0. The van der Waals surface area contributed by atoms with Crippen molar-refractivity contribution in [3.63, 3.8) is 0 Å². The molecule has 2 aromatic carbocycles. The largest absolute Gasteiger partial charge is 0.493 e. The molecule has 1 N–H and O–H groups in total. The number of ketones is 1. The molecule has 0 aliphatic carbocycles. The van der Waals surface area contributed by atoms with Gasteiger partial charge in [-0.1, -0.05) is 0 Å². The Morgan fingerprint density at radius 3 is 2.15 bits per heavy atom. The van der Waals surface area contributed by atoms with Gasteiger partial charge in [0.15, 0.2) is 11.5 Å². The summed E-state index contributed by atoms with van der Waals surface area (Å²) in [6.07, 6.45) is 1.06. The number of nitrogens with zero attached hydrogens (tertiary/aromatic N) is 1. The predicted octanol–water partition coefficient (Wildman–Crippen LogP) is 2.67. The lowest BCUT2D eigenvalue weighted by molar-refractivity contribution is -0.119. The van der Waals surface area contributed by atoms with E-state index in [0.29, 0.717) is 43.1 Å². The van der Waals surface area contributed by atoms with E-state index in [4.69, 9.17) is 9.47 Å². The zero-order chi connectivity index (χ0) is 19.4. The van der Waals surface area contributed by atoms with Crippen LogP contribution in [-0.2, 0) is 14.8 Å². The number of hydrogen-bond donors (Lipinski definition) is 1. The number of nitrogens with one attached hydrogen (secondary N) is 1. The van der Waals surface area contributed by atoms with E-state index in [1.54, 1.807) is 42.5 Å². The van der Waals surface area contributed by atoms with E-state index < -0.39 is 10.0 Å². The summed E-state index contributed by atoms with van der Waals surface area (Å²) in [6, 6.07) is 11.5. The molecular weight excluding hydrogens is 368 g/mol. The predicted molar refractivity (Wildman–Crippen MR) is 103 cm³/mol. The first kappa shape index (κ1) is 19.0. The molecule has 0 saturated carbocycles. The monoisotopic (exact) mass is 390 g/mol. The summed E-state index contributed by atoms with van der Waals surface area (Å²) in [7, 11) is -0.729. The SMILES string of the molecule is COc1ccc(NS(=O)(=O)c2ccc(N3CCC(=O)CC3)cc2)cc1OC. The first-order chi connectivity index (χ1) is 12.9. The summed E-state index contributed by atoms with van der Waals surface area (Å²) in [4.78, 5) is 13.6. The molecular formula is C19H22N2O5S. The smallest absolute Gasteiger partial charge is 0.261 e. The number of anilines is 2. The van der Waals surface area contributed by atoms with Gasteiger partial charge in [0, 0.05) is 37.7 Å². The van der Waals surface area contributed by atoms with Gasteiger partial charge in [0.1, 0.15) is 5.78 Å². The zero-order valence-corrected chi connectivity index (χ0v) is 16.1. The lowest BCUT2D eigenvalue weighted by Gasteiger charge is -2.28. The van der Waals surface area contributed by atoms with Crippen molar-refractivity contribution in [2.24, 2.45) is 0 Å². The highest BCUT2D eigenvalue weighted by atomic mass is 32.2. The van der Waals surface area contributed by atoms with Crippen LogP contribution in [0.4, 0.5) is 11.4 Å². The van der Waals surface area contributed by atoms with E-state index in [2.05, 4.69) is 9.62 Å². The Labute approximate surface area is 158 Å². The number of Topliss-reactive ketones (excluding diaryl/α,β-unsaturated/α-hetero) is 1. The van der Waals surface area contributed by atoms with Crippen molar-refractivity contribution in [3.8, 4) is 11.5 Å². The molecule has 0 aromatic heterocycles. The fourth-order valence-corrected chi connectivity index (χ4v) is 4.01. The normalized spacial score (nSPS) is 14.7. The first-order valence-electron chi connectivity index (χ1n) is 8.54. The Hall–Kier alpha value is -2.74. The van der Waals surface area contributed by atoms with Gasteiger partial charge in [-0.25, -0.2) is 8.42 Å². The molecule has 3 rings (SSSR count). The van der Waals surface area contributed by atoms with Gasteiger partial charge in [-0.2, -0.15) is 0 Å². The number of ether oxygens (including phenoxy) is 2. The molecule has 0 unspecified atom stereocenters. The van der Waals surface area contributed by atoms with Crippen LogP contribution >= 0.6 is 0 Å². The second kappa shape index (κ2) is 7.87. The lowest BCUT2D eigenvalue weighted by atomic mass is 10.1. The minimum Gasteiger partial charge on any atom is -0.493 e. The Kier molecular flexibility index (Phi) is 5.55. The third kappa shape index (κ3) is 4.33. The van der Waals surface area contributed by atoms with E-state index in [-0.39, 0.29) is 10.7 Å². The van der Waals surface area contributed by atoms with Gasteiger partial charge < -0.3 is 14.4 Å². The number of carbonyl (C=O) groups excluding carboxylic acids is 1. The van der Waals surface area contributed by atoms with Crippen molar-refractivity contribution in [3.05, 3.63) is 42.5 Å². The van der Waals surface area contributed by atoms with Crippen LogP contribution in [0.2, 0.25) is 0 Å². The van der Waals surface area contributed by atoms with E-state index in [9.17, 15) is 13.2 Å². The maximum atomic E-state index is 12.6. The van der Waals surface area contributed by atoms with Crippen LogP contribution in [0.25, 0.3) is 0 Å². The van der Waals surface area contributed by atoms with Crippen molar-refractivity contribution in [1.82, 2.24) is 0 Å². The zero-order valence-electron chi connectivity index (χ0n) is 15.3. The highest BCUT2D eigenvalue weighted by molar-refractivity contribution is 7.92. The van der Waals surface area contributed by atoms with Gasteiger partial charge in [0.2, 0.25) is 0 Å². The molecule has 1 fully saturated rings. The fraction of sp³-hybridized carbons (Fsp3) is 0.316. The number of sulfonamides is 1. The van der Waals surface area contributed by atoms with Crippen LogP contribution in [0.1, 0.15) is 12.8 Å². The summed E-state index contributed by atoms with van der Waals surface area (Å²) >= 11 is 0. The molecule has 0 spiro atoms. The second-order valence-electron chi connectivity index (χ2n) is 6.19. The van der Waals surface area contributed by atoms with Crippen molar-refractivity contribution in [2.75, 3.05) is 36.9 Å². The number of benzene rings is 2. The van der Waals surface area contributed by atoms with Gasteiger partial charge in [0.05, 0.1) is 24.8 Å². The lowest BCUT2D eigenvalue weighted by Crippen LogP contribution is -2.33. The molecule has 8 heteroatoms. The Morgan fingerprint density at radius 1 is 0.926 bits per heavy atom. The maximum Gasteiger partial charge on any atom is 0.261 e. The van der Waals surface area contributed by atoms with Crippen molar-refractivity contribution < 1.29 is 22.7 Å². The van der Waals surface area contributed by atoms with Crippen LogP contribution < -0.4 is 19.1 Å². The number of hydrogen-bond acceptors (Lipinski definition) is 6. The fourth-order valence-electron chi connectivity index (χ4n) is 2.96. The maximum absolute atomic E-state index is 12.6. The molecule has 144 valence electrons. The molecule has 0 bridgehead atoms. The van der Waals surface area contributed by atoms with E-state index in [1.165, 1.54) is 14.2 Å². The van der Waals surface area contributed by atoms with Gasteiger partial charge in [-0.3, -0.25) is 9.52 Å². The molecule has 1 aliphatic heterocycles. The molecule has 0 amide bonds. The Bertz CT molecular complexity index is 916. The first-order valence-corrected chi connectivity index (χ1v) is 10.0. The third-order valence-corrected chi connectivity index (χ3v) is 5.87. The van der Waals surface area contributed by atoms with Crippen LogP contribution in [0.5, 0.6) is 11.5 Å². The topological polar surface area (TPSA) is 84.9 Å².